The Hall–Kier alpha value is -3.67. The summed E-state index contributed by atoms with van der Waals surface area (Å²) in [4.78, 5) is 51.1. The lowest BCUT2D eigenvalue weighted by atomic mass is 10.2. The molecule has 0 fully saturated rings. The van der Waals surface area contributed by atoms with Crippen LogP contribution in [-0.4, -0.2) is 42.9 Å². The molecule has 11 nitrogen and oxygen atoms in total. The molecule has 0 saturated heterocycles. The van der Waals surface area contributed by atoms with Crippen LogP contribution >= 0.6 is 11.6 Å². The van der Waals surface area contributed by atoms with Gasteiger partial charge in [-0.3, -0.25) is 19.2 Å². The van der Waals surface area contributed by atoms with Crippen molar-refractivity contribution in [2.45, 2.75) is 78.8 Å². The molecule has 12 heteroatoms. The highest BCUT2D eigenvalue weighted by molar-refractivity contribution is 6.30. The molecule has 1 heterocycles. The summed E-state index contributed by atoms with van der Waals surface area (Å²) in [6.07, 6.45) is -0.0783. The molecule has 0 bridgehead atoms. The molecule has 0 spiro atoms. The molecule has 0 amide bonds. The number of ether oxygens (including phenoxy) is 1. The number of carboxylic acid groups (broad SMARTS) is 1. The number of hydrogen-bond donors (Lipinski definition) is 3. The monoisotopic (exact) mass is 573 g/mol. The van der Waals surface area contributed by atoms with E-state index in [0.29, 0.717) is 16.5 Å². The molecule has 1 aromatic heterocycles. The summed E-state index contributed by atoms with van der Waals surface area (Å²) in [5, 5.41) is 10.1. The number of hydroxylamine groups is 1. The summed E-state index contributed by atoms with van der Waals surface area (Å²) in [5.41, 5.74) is 2.68. The van der Waals surface area contributed by atoms with Crippen molar-refractivity contribution < 1.29 is 19.5 Å². The smallest absolute Gasteiger partial charge is 0.335 e. The summed E-state index contributed by atoms with van der Waals surface area (Å²) < 4.78 is 8.07. The average Bonchev–Trinajstić information content (AvgIpc) is 2.85. The molecule has 3 rings (SSSR count). The van der Waals surface area contributed by atoms with Crippen LogP contribution < -0.4 is 27.2 Å². The number of aromatic amines is 1. The van der Waals surface area contributed by atoms with Crippen molar-refractivity contribution >= 4 is 23.3 Å². The lowest BCUT2D eigenvalue weighted by Crippen LogP contribution is -2.51. The Kier molecular flexibility index (Phi) is 10.1. The van der Waals surface area contributed by atoms with Gasteiger partial charge < -0.3 is 9.84 Å². The normalized spacial score (nSPS) is 13.1. The topological polar surface area (TPSA) is 140 Å². The Balaban J connectivity index is 2.05. The van der Waals surface area contributed by atoms with E-state index in [1.807, 2.05) is 20.8 Å². The minimum Gasteiger partial charge on any atom is -0.491 e. The number of nitrogens with zero attached hydrogens (tertiary/aromatic N) is 3. The van der Waals surface area contributed by atoms with Crippen molar-refractivity contribution in [3.8, 4) is 5.75 Å². The van der Waals surface area contributed by atoms with Gasteiger partial charge in [0.25, 0.3) is 0 Å². The second-order valence-electron chi connectivity index (χ2n) is 10.6. The average molecular weight is 574 g/mol. The lowest BCUT2D eigenvalue weighted by Gasteiger charge is -2.23. The van der Waals surface area contributed by atoms with Crippen LogP contribution in [0.4, 0.5) is 5.69 Å². The van der Waals surface area contributed by atoms with Gasteiger partial charge in [-0.25, -0.2) is 19.1 Å². The van der Waals surface area contributed by atoms with Crippen molar-refractivity contribution in [3.05, 3.63) is 85.2 Å². The first-order valence-corrected chi connectivity index (χ1v) is 13.3. The summed E-state index contributed by atoms with van der Waals surface area (Å²) >= 11 is 6.03. The number of benzene rings is 2. The van der Waals surface area contributed by atoms with E-state index in [-0.39, 0.29) is 31.2 Å². The predicted molar refractivity (Wildman–Crippen MR) is 152 cm³/mol. The Bertz CT molecular complexity index is 1520. The standard InChI is InChI=1S/C28H36ClN5O6/c1-17(2)39-23-12-11-21(15-18(23)3)30-25-31-26(37)33(14-13-22(24(35)36)32-40-28(4,5)6)27(38)34(25)16-19-7-9-20(29)10-8-19/h7-12,15,17,22,32H,13-14,16H2,1-6H3,(H,35,36)(H,30,31,37)/t22-/m0/s1. The number of carbonyl (C=O) groups is 1. The van der Waals surface area contributed by atoms with Crippen LogP contribution in [0.15, 0.2) is 57.0 Å². The highest BCUT2D eigenvalue weighted by Crippen LogP contribution is 2.24. The van der Waals surface area contributed by atoms with Crippen LogP contribution in [0.1, 0.15) is 52.2 Å². The van der Waals surface area contributed by atoms with Gasteiger partial charge in [-0.1, -0.05) is 23.7 Å². The van der Waals surface area contributed by atoms with Gasteiger partial charge in [0.15, 0.2) is 0 Å². The number of aryl methyl sites for hydroxylation is 1. The van der Waals surface area contributed by atoms with Crippen molar-refractivity contribution in [1.82, 2.24) is 19.6 Å². The van der Waals surface area contributed by atoms with E-state index in [4.69, 9.17) is 21.2 Å². The second-order valence-corrected chi connectivity index (χ2v) is 11.1. The molecule has 216 valence electrons. The Morgan fingerprint density at radius 2 is 1.80 bits per heavy atom. The van der Waals surface area contributed by atoms with Crippen LogP contribution in [0.25, 0.3) is 0 Å². The van der Waals surface area contributed by atoms with E-state index < -0.39 is 29.0 Å². The third-order valence-electron chi connectivity index (χ3n) is 5.64. The molecule has 40 heavy (non-hydrogen) atoms. The molecule has 0 saturated carbocycles. The zero-order chi connectivity index (χ0) is 29.6. The van der Waals surface area contributed by atoms with E-state index in [0.717, 1.165) is 15.7 Å². The molecule has 3 aromatic rings. The molecule has 2 aromatic carbocycles. The maximum atomic E-state index is 13.6. The molecule has 0 aliphatic carbocycles. The van der Waals surface area contributed by atoms with Crippen LogP contribution in [0.3, 0.4) is 0 Å². The largest absolute Gasteiger partial charge is 0.491 e. The number of H-pyrrole nitrogens is 1. The zero-order valence-corrected chi connectivity index (χ0v) is 24.3. The first-order valence-electron chi connectivity index (χ1n) is 12.9. The maximum Gasteiger partial charge on any atom is 0.335 e. The Labute approximate surface area is 237 Å². The zero-order valence-electron chi connectivity index (χ0n) is 23.5. The van der Waals surface area contributed by atoms with Crippen molar-refractivity contribution in [3.63, 3.8) is 0 Å². The number of nitrogens with one attached hydrogen (secondary N) is 2. The molecule has 0 unspecified atom stereocenters. The molecular weight excluding hydrogens is 538 g/mol. The van der Waals surface area contributed by atoms with Gasteiger partial charge in [-0.05, 0) is 89.4 Å². The highest BCUT2D eigenvalue weighted by Gasteiger charge is 2.22. The summed E-state index contributed by atoms with van der Waals surface area (Å²) in [7, 11) is 0. The van der Waals surface area contributed by atoms with E-state index in [1.54, 1.807) is 63.2 Å². The lowest BCUT2D eigenvalue weighted by molar-refractivity contribution is -0.150. The number of carboxylic acids is 1. The highest BCUT2D eigenvalue weighted by atomic mass is 35.5. The first-order chi connectivity index (χ1) is 18.7. The van der Waals surface area contributed by atoms with Gasteiger partial charge in [0.05, 0.1) is 23.9 Å². The summed E-state index contributed by atoms with van der Waals surface area (Å²) in [6, 6.07) is 11.1. The molecule has 0 radical (unpaired) electrons. The molecule has 3 N–H and O–H groups in total. The van der Waals surface area contributed by atoms with E-state index in [9.17, 15) is 19.5 Å². The van der Waals surface area contributed by atoms with Gasteiger partial charge in [-0.2, -0.15) is 5.48 Å². The summed E-state index contributed by atoms with van der Waals surface area (Å²) in [6.45, 7) is 11.0. The van der Waals surface area contributed by atoms with Crippen molar-refractivity contribution in [1.29, 1.82) is 0 Å². The fraction of sp³-hybridized carbons (Fsp3) is 0.429. The molecule has 0 aliphatic heterocycles. The second kappa shape index (κ2) is 13.1. The summed E-state index contributed by atoms with van der Waals surface area (Å²) in [5.74, 6) is -0.460. The van der Waals surface area contributed by atoms with Gasteiger partial charge in [0.1, 0.15) is 11.8 Å². The van der Waals surface area contributed by atoms with Crippen LogP contribution in [0.2, 0.25) is 5.02 Å². The third-order valence-corrected chi connectivity index (χ3v) is 5.89. The maximum absolute atomic E-state index is 13.6. The molecule has 0 aliphatic rings. The number of halogens is 1. The minimum absolute atomic E-state index is 0.00270. The van der Waals surface area contributed by atoms with Crippen LogP contribution in [0, 0.1) is 6.92 Å². The van der Waals surface area contributed by atoms with E-state index in [1.165, 1.54) is 4.57 Å². The minimum atomic E-state index is -1.17. The number of aliphatic carboxylic acids is 1. The number of aromatic nitrogens is 3. The van der Waals surface area contributed by atoms with Gasteiger partial charge in [-0.15, -0.1) is 0 Å². The van der Waals surface area contributed by atoms with Crippen LogP contribution in [-0.2, 0) is 22.7 Å². The van der Waals surface area contributed by atoms with Gasteiger partial charge in [0, 0.05) is 11.6 Å². The fourth-order valence-electron chi connectivity index (χ4n) is 3.70. The number of hydrogen-bond acceptors (Lipinski definition) is 7. The van der Waals surface area contributed by atoms with Crippen molar-refractivity contribution in [2.75, 3.05) is 0 Å². The van der Waals surface area contributed by atoms with E-state index in [2.05, 4.69) is 15.5 Å². The Morgan fingerprint density at radius 1 is 1.12 bits per heavy atom. The third kappa shape index (κ3) is 8.67. The number of rotatable bonds is 11. The first kappa shape index (κ1) is 30.9. The SMILES string of the molecule is Cc1cc(/N=c2\[nH]c(=O)n(CC[C@H](NOC(C)(C)C)C(=O)O)c(=O)n2Cc2ccc(Cl)cc2)ccc1OC(C)C. The molecular formula is C28H36ClN5O6. The fourth-order valence-corrected chi connectivity index (χ4v) is 3.83. The van der Waals surface area contributed by atoms with Crippen molar-refractivity contribution in [2.24, 2.45) is 4.99 Å². The van der Waals surface area contributed by atoms with Gasteiger partial charge >= 0.3 is 17.3 Å². The van der Waals surface area contributed by atoms with Gasteiger partial charge in [0.2, 0.25) is 5.62 Å². The quantitative estimate of drug-likeness (QED) is 0.298. The molecule has 1 atom stereocenters. The Morgan fingerprint density at radius 3 is 2.38 bits per heavy atom. The predicted octanol–water partition coefficient (Wildman–Crippen LogP) is 3.53. The van der Waals surface area contributed by atoms with E-state index >= 15 is 0 Å². The van der Waals surface area contributed by atoms with Crippen LogP contribution in [0.5, 0.6) is 5.75 Å².